The molecule has 6 fully saturated rings. The Labute approximate surface area is 593 Å². The SMILES string of the molecule is C.C1CCNCC1.C1CCOC1.COCCBr.COCCN1CCN(c2ccc(N)cc2F)CC1.COCCN1CCN(c2ccc(N)cc2F)CC1.COCCN1CCN(c2ccc([N+](=O)[O-])cc2F)CC1.O=[N+]([O-])c1ccc(F)c(F)c1.O=[N+]([O-])c1ccc(N2CCCCC2)c(F)c1. The van der Waals surface area contributed by atoms with Crippen LogP contribution in [0.5, 0.6) is 0 Å². The third-order valence-electron chi connectivity index (χ3n) is 16.3. The molecule has 5 N–H and O–H groups in total. The highest BCUT2D eigenvalue weighted by molar-refractivity contribution is 9.09. The number of anilines is 6. The largest absolute Gasteiger partial charge is 0.399 e. The molecule has 0 aromatic heterocycles. The number of piperidine rings is 2. The lowest BCUT2D eigenvalue weighted by molar-refractivity contribution is -0.385. The van der Waals surface area contributed by atoms with E-state index in [1.807, 2.05) is 9.80 Å². The Kier molecular flexibility index (Phi) is 43.7. The van der Waals surface area contributed by atoms with Crippen LogP contribution in [0.4, 0.5) is 77.5 Å². The summed E-state index contributed by atoms with van der Waals surface area (Å²) in [5, 5.41) is 35.3. The second kappa shape index (κ2) is 50.2. The first-order valence-electron chi connectivity index (χ1n) is 33.3. The lowest BCUT2D eigenvalue weighted by atomic mass is 10.1. The second-order valence-electron chi connectivity index (χ2n) is 23.4. The number of nitrogens with zero attached hydrogens (tertiary/aromatic N) is 10. The first-order chi connectivity index (χ1) is 47.7. The van der Waals surface area contributed by atoms with Gasteiger partial charge in [-0.3, -0.25) is 45.0 Å². The Morgan fingerprint density at radius 3 is 0.970 bits per heavy atom. The first kappa shape index (κ1) is 87.0. The molecule has 5 aromatic rings. The molecule has 5 aromatic carbocycles. The van der Waals surface area contributed by atoms with Gasteiger partial charge in [-0.1, -0.05) is 29.8 Å². The summed E-state index contributed by atoms with van der Waals surface area (Å²) in [5.41, 5.74) is 13.4. The van der Waals surface area contributed by atoms with Crippen LogP contribution in [0.2, 0.25) is 0 Å². The van der Waals surface area contributed by atoms with Gasteiger partial charge < -0.3 is 60.1 Å². The van der Waals surface area contributed by atoms with Crippen LogP contribution in [-0.4, -0.2) is 227 Å². The maximum absolute atomic E-state index is 13.9. The number of benzene rings is 5. The molecule has 0 radical (unpaired) electrons. The summed E-state index contributed by atoms with van der Waals surface area (Å²) in [6.07, 6.45) is 10.0. The van der Waals surface area contributed by atoms with E-state index in [1.165, 1.54) is 88.0 Å². The number of ether oxygens (including phenoxy) is 5. The molecule has 0 amide bonds. The third-order valence-corrected chi connectivity index (χ3v) is 16.7. The number of hydrogen-bond donors (Lipinski definition) is 3. The van der Waals surface area contributed by atoms with Gasteiger partial charge >= 0.3 is 0 Å². The van der Waals surface area contributed by atoms with Crippen molar-refractivity contribution in [3.63, 3.8) is 0 Å². The molecule has 0 bridgehead atoms. The van der Waals surface area contributed by atoms with Crippen LogP contribution in [-0.2, 0) is 23.7 Å². The number of nitro benzene ring substituents is 3. The van der Waals surface area contributed by atoms with Gasteiger partial charge in [0, 0.05) is 188 Å². The van der Waals surface area contributed by atoms with Crippen molar-refractivity contribution in [3.05, 3.63) is 156 Å². The standard InChI is InChI=1S/C13H18FN3O3.2C13H20FN3O.C11H13FN2O2.C6H3F2NO2.C5H11N.C4H8O.C3H7BrO.CH4/c1-20-9-8-15-4-6-16(7-5-15)13-3-2-11(17(18)19)10-12(13)14;2*1-18-9-8-16-4-6-17(7-5-16)13-3-2-11(15)10-12(13)14;12-10-8-9(14(15)16)4-5-11(10)13-6-2-1-3-7-13;7-5-2-1-4(9(10)11)3-6(5)8;1-2-4-6-5-3-1;1-2-4-5-3-1;1-5-3-2-4;/h2-3,10H,4-9H2,1H3;2*2-3,10H,4-9,15H2,1H3;4-5,8H,1-3,6-7H2;1-3H;6H,1-5H2;1-4H2;2-3H2,1H3;1H4. The maximum atomic E-state index is 13.9. The Bertz CT molecular complexity index is 3010. The van der Waals surface area contributed by atoms with Crippen molar-refractivity contribution in [2.75, 3.05) is 229 Å². The van der Waals surface area contributed by atoms with E-state index in [1.54, 1.807) is 52.7 Å². The van der Waals surface area contributed by atoms with Gasteiger partial charge in [-0.2, -0.15) is 0 Å². The molecule has 0 atom stereocenters. The summed E-state index contributed by atoms with van der Waals surface area (Å²) in [5.74, 6) is -3.81. The maximum Gasteiger partial charge on any atom is 0.272 e. The number of halogens is 7. The number of hydrogen-bond acceptors (Lipinski definition) is 21. The molecular formula is C69H104BrF6N13O11. The van der Waals surface area contributed by atoms with E-state index in [0.29, 0.717) is 66.0 Å². The fourth-order valence-electron chi connectivity index (χ4n) is 10.7. The molecular weight excluding hydrogens is 1380 g/mol. The van der Waals surface area contributed by atoms with Gasteiger partial charge in [-0.25, -0.2) is 26.3 Å². The first-order valence-corrected chi connectivity index (χ1v) is 34.4. The molecule has 6 aliphatic heterocycles. The summed E-state index contributed by atoms with van der Waals surface area (Å²) < 4.78 is 104. The number of nitrogens with one attached hydrogen (secondary N) is 1. The number of nitro groups is 3. The Morgan fingerprint density at radius 2 is 0.720 bits per heavy atom. The average Bonchev–Trinajstić information content (AvgIpc) is 0.893. The molecule has 6 saturated heterocycles. The zero-order chi connectivity index (χ0) is 72.3. The van der Waals surface area contributed by atoms with Gasteiger partial charge in [-0.05, 0) is 113 Å². The van der Waals surface area contributed by atoms with Gasteiger partial charge in [-0.15, -0.1) is 0 Å². The van der Waals surface area contributed by atoms with Crippen LogP contribution in [0.1, 0.15) is 58.8 Å². The zero-order valence-electron chi connectivity index (χ0n) is 57.5. The predicted molar refractivity (Wildman–Crippen MR) is 388 cm³/mol. The molecule has 100 heavy (non-hydrogen) atoms. The molecule has 0 spiro atoms. The van der Waals surface area contributed by atoms with Crippen molar-refractivity contribution in [2.24, 2.45) is 0 Å². The minimum atomic E-state index is -1.21. The molecule has 6 heterocycles. The molecule has 24 nitrogen and oxygen atoms in total. The summed E-state index contributed by atoms with van der Waals surface area (Å²) >= 11 is 3.18. The Hall–Kier alpha value is -7.20. The van der Waals surface area contributed by atoms with Gasteiger partial charge in [0.05, 0.1) is 82.1 Å². The number of rotatable bonds is 18. The fourth-order valence-corrected chi connectivity index (χ4v) is 11.0. The van der Waals surface area contributed by atoms with Crippen LogP contribution >= 0.6 is 15.9 Å². The van der Waals surface area contributed by atoms with Crippen LogP contribution < -0.4 is 36.4 Å². The van der Waals surface area contributed by atoms with Gasteiger partial charge in [0.2, 0.25) is 0 Å². The Balaban J connectivity index is 0.000000309. The highest BCUT2D eigenvalue weighted by Crippen LogP contribution is 2.29. The molecule has 6 aliphatic rings. The van der Waals surface area contributed by atoms with Crippen molar-refractivity contribution in [3.8, 4) is 0 Å². The minimum Gasteiger partial charge on any atom is -0.399 e. The van der Waals surface area contributed by atoms with Crippen LogP contribution in [0, 0.1) is 65.2 Å². The van der Waals surface area contributed by atoms with E-state index >= 15 is 0 Å². The topological polar surface area (TPSA) is 262 Å². The average molecular weight is 1490 g/mol. The zero-order valence-corrected chi connectivity index (χ0v) is 59.1. The van der Waals surface area contributed by atoms with E-state index < -0.39 is 43.7 Å². The normalized spacial score (nSPS) is 16.1. The van der Waals surface area contributed by atoms with E-state index in [9.17, 15) is 56.7 Å². The fraction of sp³-hybridized carbons (Fsp3) is 0.565. The Morgan fingerprint density at radius 1 is 0.410 bits per heavy atom. The summed E-state index contributed by atoms with van der Waals surface area (Å²) in [6.45, 7) is 22.1. The molecule has 0 saturated carbocycles. The number of nitrogen functional groups attached to an aromatic ring is 2. The van der Waals surface area contributed by atoms with Crippen molar-refractivity contribution in [1.29, 1.82) is 0 Å². The summed E-state index contributed by atoms with van der Waals surface area (Å²) in [7, 11) is 6.77. The molecule has 560 valence electrons. The molecule has 0 aliphatic carbocycles. The van der Waals surface area contributed by atoms with Crippen LogP contribution in [0.25, 0.3) is 0 Å². The van der Waals surface area contributed by atoms with Crippen molar-refractivity contribution >= 4 is 67.1 Å². The number of piperazine rings is 3. The van der Waals surface area contributed by atoms with Crippen molar-refractivity contribution in [1.82, 2.24) is 20.0 Å². The number of methoxy groups -OCH3 is 4. The van der Waals surface area contributed by atoms with E-state index in [2.05, 4.69) is 50.5 Å². The monoisotopic (exact) mass is 1480 g/mol. The predicted octanol–water partition coefficient (Wildman–Crippen LogP) is 11.7. The summed E-state index contributed by atoms with van der Waals surface area (Å²) in [6, 6.07) is 19.6. The smallest absolute Gasteiger partial charge is 0.272 e. The highest BCUT2D eigenvalue weighted by atomic mass is 79.9. The minimum absolute atomic E-state index is 0. The number of nitrogens with two attached hydrogens (primary N) is 2. The number of alkyl halides is 1. The van der Waals surface area contributed by atoms with E-state index in [0.717, 1.165) is 168 Å². The molecule has 11 rings (SSSR count). The van der Waals surface area contributed by atoms with Gasteiger partial charge in [0.15, 0.2) is 23.3 Å². The molecule has 31 heteroatoms. The quantitative estimate of drug-likeness (QED) is 0.0242. The van der Waals surface area contributed by atoms with Gasteiger partial charge in [0.25, 0.3) is 17.1 Å². The van der Waals surface area contributed by atoms with E-state index in [-0.39, 0.29) is 30.4 Å². The molecule has 0 unspecified atom stereocenters. The lowest BCUT2D eigenvalue weighted by Gasteiger charge is -2.36. The van der Waals surface area contributed by atoms with Crippen LogP contribution in [0.3, 0.4) is 0 Å². The number of non-ortho nitro benzene ring substituents is 3. The second-order valence-corrected chi connectivity index (χ2v) is 24.2. The van der Waals surface area contributed by atoms with E-state index in [4.69, 9.17) is 30.4 Å². The summed E-state index contributed by atoms with van der Waals surface area (Å²) in [4.78, 5) is 44.0. The van der Waals surface area contributed by atoms with Crippen molar-refractivity contribution in [2.45, 2.75) is 58.8 Å². The van der Waals surface area contributed by atoms with Crippen LogP contribution in [0.15, 0.2) is 91.0 Å². The highest BCUT2D eigenvalue weighted by Gasteiger charge is 2.24. The lowest BCUT2D eigenvalue weighted by Crippen LogP contribution is -2.47. The van der Waals surface area contributed by atoms with Gasteiger partial charge in [0.1, 0.15) is 11.6 Å². The third kappa shape index (κ3) is 33.1. The van der Waals surface area contributed by atoms with Crippen molar-refractivity contribution < 1.29 is 64.8 Å².